The largest absolute Gasteiger partial charge is 0.497 e. The lowest BCUT2D eigenvalue weighted by molar-refractivity contribution is -0.0646. The summed E-state index contributed by atoms with van der Waals surface area (Å²) in [4.78, 5) is 2.70. The summed E-state index contributed by atoms with van der Waals surface area (Å²) in [5.74, 6) is 3.85. The molecule has 5 rings (SSSR count). The second-order valence-electron chi connectivity index (χ2n) is 8.20. The average Bonchev–Trinajstić information content (AvgIpc) is 2.79. The smallest absolute Gasteiger partial charge is 0.119 e. The number of rotatable bonds is 1. The number of benzene rings is 1. The molecule has 5 unspecified atom stereocenters. The van der Waals surface area contributed by atoms with E-state index in [0.29, 0.717) is 5.41 Å². The molecular formula is C20H27NO. The summed E-state index contributed by atoms with van der Waals surface area (Å²) in [5, 5.41) is 0. The molecule has 2 nitrogen and oxygen atoms in total. The van der Waals surface area contributed by atoms with Gasteiger partial charge >= 0.3 is 0 Å². The van der Waals surface area contributed by atoms with Crippen LogP contribution in [0.4, 0.5) is 0 Å². The number of fused-ring (bicyclic) bond motifs is 2. The zero-order chi connectivity index (χ0) is 14.9. The van der Waals surface area contributed by atoms with Crippen LogP contribution in [0.25, 0.3) is 0 Å². The van der Waals surface area contributed by atoms with Crippen LogP contribution in [0.3, 0.4) is 0 Å². The first-order chi connectivity index (χ1) is 10.7. The second-order valence-corrected chi connectivity index (χ2v) is 8.20. The summed E-state index contributed by atoms with van der Waals surface area (Å²) in [5.41, 5.74) is 3.81. The lowest BCUT2D eigenvalue weighted by Crippen LogP contribution is -2.60. The highest BCUT2D eigenvalue weighted by molar-refractivity contribution is 5.44. The van der Waals surface area contributed by atoms with E-state index >= 15 is 0 Å². The fraction of sp³-hybridized carbons (Fsp3) is 0.700. The molecule has 118 valence electrons. The van der Waals surface area contributed by atoms with Crippen molar-refractivity contribution in [3.05, 3.63) is 29.3 Å². The molecule has 3 fully saturated rings. The number of nitrogens with zero attached hydrogens (tertiary/aromatic N) is 1. The van der Waals surface area contributed by atoms with Crippen LogP contribution in [0.2, 0.25) is 0 Å². The Balaban J connectivity index is 1.69. The molecule has 2 heteroatoms. The molecular weight excluding hydrogens is 270 g/mol. The lowest BCUT2D eigenvalue weighted by Gasteiger charge is -2.60. The third kappa shape index (κ3) is 1.50. The van der Waals surface area contributed by atoms with Crippen LogP contribution in [0.1, 0.15) is 49.1 Å². The Morgan fingerprint density at radius 2 is 2.09 bits per heavy atom. The molecule has 1 saturated heterocycles. The molecule has 2 bridgehead atoms. The molecule has 0 aromatic heterocycles. The van der Waals surface area contributed by atoms with Crippen molar-refractivity contribution in [2.24, 2.45) is 17.3 Å². The maximum absolute atomic E-state index is 5.54. The molecule has 0 N–H and O–H groups in total. The first kappa shape index (κ1) is 13.4. The topological polar surface area (TPSA) is 12.5 Å². The van der Waals surface area contributed by atoms with Gasteiger partial charge in [0.05, 0.1) is 7.11 Å². The van der Waals surface area contributed by atoms with E-state index in [2.05, 4.69) is 30.1 Å². The summed E-state index contributed by atoms with van der Waals surface area (Å²) in [7, 11) is 4.18. The zero-order valence-electron chi connectivity index (χ0n) is 13.8. The number of methoxy groups -OCH3 is 1. The van der Waals surface area contributed by atoms with E-state index in [-0.39, 0.29) is 0 Å². The van der Waals surface area contributed by atoms with E-state index < -0.39 is 0 Å². The molecule has 3 aliphatic carbocycles. The molecule has 2 saturated carbocycles. The van der Waals surface area contributed by atoms with Gasteiger partial charge < -0.3 is 9.64 Å². The molecule has 4 aliphatic rings. The summed E-state index contributed by atoms with van der Waals surface area (Å²) in [6, 6.07) is 7.66. The van der Waals surface area contributed by atoms with E-state index in [9.17, 15) is 0 Å². The maximum Gasteiger partial charge on any atom is 0.119 e. The number of piperidine rings is 1. The number of hydrogen-bond donors (Lipinski definition) is 0. The Morgan fingerprint density at radius 3 is 2.95 bits per heavy atom. The predicted molar refractivity (Wildman–Crippen MR) is 88.4 cm³/mol. The standard InChI is InChI=1S/C20H27NO/c1-21-10-8-17-13-4-6-18-16-12-15(22-2)5-3-14(16)11-19(21)20(17,18)9-7-13/h3,5,12-13,17-19H,4,6-11H2,1-2H3. The van der Waals surface area contributed by atoms with Crippen molar-refractivity contribution < 1.29 is 4.74 Å². The van der Waals surface area contributed by atoms with Crippen molar-refractivity contribution in [2.45, 2.75) is 50.5 Å². The minimum absolute atomic E-state index is 0.579. The van der Waals surface area contributed by atoms with Crippen LogP contribution in [0, 0.1) is 17.3 Å². The van der Waals surface area contributed by atoms with E-state index in [1.807, 2.05) is 0 Å². The van der Waals surface area contributed by atoms with E-state index in [1.165, 1.54) is 45.1 Å². The molecule has 0 amide bonds. The van der Waals surface area contributed by atoms with Crippen LogP contribution >= 0.6 is 0 Å². The van der Waals surface area contributed by atoms with Crippen molar-refractivity contribution in [1.82, 2.24) is 4.90 Å². The van der Waals surface area contributed by atoms with Gasteiger partial charge in [0.2, 0.25) is 0 Å². The molecule has 22 heavy (non-hydrogen) atoms. The first-order valence-corrected chi connectivity index (χ1v) is 9.11. The Labute approximate surface area is 133 Å². The van der Waals surface area contributed by atoms with Gasteiger partial charge in [0.1, 0.15) is 5.75 Å². The van der Waals surface area contributed by atoms with Gasteiger partial charge in [-0.3, -0.25) is 0 Å². The van der Waals surface area contributed by atoms with Gasteiger partial charge in [0.15, 0.2) is 0 Å². The molecule has 5 atom stereocenters. The third-order valence-electron chi connectivity index (χ3n) is 7.77. The van der Waals surface area contributed by atoms with Crippen LogP contribution in [0.15, 0.2) is 18.2 Å². The monoisotopic (exact) mass is 297 g/mol. The van der Waals surface area contributed by atoms with Gasteiger partial charge in [-0.05, 0) is 98.5 Å². The minimum atomic E-state index is 0.579. The van der Waals surface area contributed by atoms with Crippen LogP contribution in [0.5, 0.6) is 5.75 Å². The van der Waals surface area contributed by atoms with Gasteiger partial charge in [-0.2, -0.15) is 0 Å². The molecule has 1 aromatic rings. The molecule has 0 radical (unpaired) electrons. The molecule has 1 heterocycles. The van der Waals surface area contributed by atoms with Gasteiger partial charge in [0.25, 0.3) is 0 Å². The fourth-order valence-electron chi connectivity index (χ4n) is 6.96. The van der Waals surface area contributed by atoms with Gasteiger partial charge in [0, 0.05) is 6.04 Å². The lowest BCUT2D eigenvalue weighted by atomic mass is 9.50. The second kappa shape index (κ2) is 4.50. The Hall–Kier alpha value is -1.02. The fourth-order valence-corrected chi connectivity index (χ4v) is 6.96. The van der Waals surface area contributed by atoms with Crippen LogP contribution in [-0.4, -0.2) is 31.6 Å². The number of ether oxygens (including phenoxy) is 1. The van der Waals surface area contributed by atoms with Gasteiger partial charge in [-0.1, -0.05) is 6.07 Å². The van der Waals surface area contributed by atoms with Gasteiger partial charge in [-0.25, -0.2) is 0 Å². The Morgan fingerprint density at radius 1 is 1.18 bits per heavy atom. The van der Waals surface area contributed by atoms with E-state index in [1.54, 1.807) is 18.2 Å². The van der Waals surface area contributed by atoms with E-state index in [4.69, 9.17) is 4.74 Å². The molecule has 1 aliphatic heterocycles. The van der Waals surface area contributed by atoms with Crippen molar-refractivity contribution in [3.63, 3.8) is 0 Å². The summed E-state index contributed by atoms with van der Waals surface area (Å²) in [6.45, 7) is 1.31. The van der Waals surface area contributed by atoms with Crippen LogP contribution in [-0.2, 0) is 6.42 Å². The highest BCUT2D eigenvalue weighted by Crippen LogP contribution is 2.68. The normalized spacial score (nSPS) is 42.6. The van der Waals surface area contributed by atoms with Crippen LogP contribution < -0.4 is 4.74 Å². The third-order valence-corrected chi connectivity index (χ3v) is 7.77. The highest BCUT2D eigenvalue weighted by atomic mass is 16.5. The molecule has 1 aromatic carbocycles. The SMILES string of the molecule is COc1ccc2c(c1)C1CCC3CCC14C3CCN(C)C4C2. The maximum atomic E-state index is 5.54. The van der Waals surface area contributed by atoms with Gasteiger partial charge in [-0.15, -0.1) is 0 Å². The number of hydrogen-bond acceptors (Lipinski definition) is 2. The molecule has 1 spiro atoms. The van der Waals surface area contributed by atoms with Crippen molar-refractivity contribution in [3.8, 4) is 5.75 Å². The number of likely N-dealkylation sites (N-methyl/N-ethyl adjacent to an activating group) is 1. The van der Waals surface area contributed by atoms with Crippen molar-refractivity contribution in [1.29, 1.82) is 0 Å². The van der Waals surface area contributed by atoms with Crippen molar-refractivity contribution >= 4 is 0 Å². The highest BCUT2D eigenvalue weighted by Gasteiger charge is 2.63. The first-order valence-electron chi connectivity index (χ1n) is 9.11. The summed E-state index contributed by atoms with van der Waals surface area (Å²) < 4.78 is 5.54. The Bertz CT molecular complexity index is 612. The van der Waals surface area contributed by atoms with E-state index in [0.717, 1.165) is 29.5 Å². The average molecular weight is 297 g/mol. The quantitative estimate of drug-likeness (QED) is 0.781. The summed E-state index contributed by atoms with van der Waals surface area (Å²) >= 11 is 0. The Kier molecular flexibility index (Phi) is 2.75. The zero-order valence-corrected chi connectivity index (χ0v) is 13.8. The van der Waals surface area contributed by atoms with Crippen molar-refractivity contribution in [2.75, 3.05) is 20.7 Å². The summed E-state index contributed by atoms with van der Waals surface area (Å²) in [6.07, 6.45) is 8.53. The predicted octanol–water partition coefficient (Wildman–Crippen LogP) is 3.85. The minimum Gasteiger partial charge on any atom is -0.497 e. The number of likely N-dealkylation sites (tertiary alicyclic amines) is 1.